The number of rotatable bonds is 2. The van der Waals surface area contributed by atoms with Gasteiger partial charge in [0.05, 0.1) is 19.8 Å². The quantitative estimate of drug-likeness (QED) is 0.755. The Balaban J connectivity index is 1.49. The van der Waals surface area contributed by atoms with Gasteiger partial charge in [-0.1, -0.05) is 0 Å². The van der Waals surface area contributed by atoms with Crippen LogP contribution in [0.25, 0.3) is 0 Å². The Morgan fingerprint density at radius 2 is 1.89 bits per heavy atom. The van der Waals surface area contributed by atoms with Crippen molar-refractivity contribution < 1.29 is 23.8 Å². The van der Waals surface area contributed by atoms with Crippen LogP contribution in [-0.4, -0.2) is 49.1 Å². The van der Waals surface area contributed by atoms with Crippen LogP contribution < -0.4 is 0 Å². The first-order valence-electron chi connectivity index (χ1n) is 6.94. The van der Waals surface area contributed by atoms with Gasteiger partial charge in [0.15, 0.2) is 5.79 Å². The molecule has 0 atom stereocenters. The first-order valence-corrected chi connectivity index (χ1v) is 6.94. The van der Waals surface area contributed by atoms with Crippen LogP contribution in [0.1, 0.15) is 32.1 Å². The summed E-state index contributed by atoms with van der Waals surface area (Å²) in [6.07, 6.45) is 3.43. The molecule has 2 aliphatic heterocycles. The minimum Gasteiger partial charge on any atom is -0.447 e. The molecule has 0 aromatic carbocycles. The molecule has 3 aliphatic rings. The first kappa shape index (κ1) is 12.9. The molecule has 1 spiro atoms. The summed E-state index contributed by atoms with van der Waals surface area (Å²) in [5.41, 5.74) is 0. The third-order valence-electron chi connectivity index (χ3n) is 4.21. The van der Waals surface area contributed by atoms with E-state index in [1.54, 1.807) is 0 Å². The zero-order valence-electron chi connectivity index (χ0n) is 10.9. The second-order valence-electron chi connectivity index (χ2n) is 5.41. The number of ether oxygens (including phenoxy) is 3. The summed E-state index contributed by atoms with van der Waals surface area (Å²) in [7, 11) is 0. The van der Waals surface area contributed by atoms with Gasteiger partial charge < -0.3 is 14.2 Å². The fraction of sp³-hybridized carbons (Fsp3) is 0.846. The van der Waals surface area contributed by atoms with E-state index in [-0.39, 0.29) is 11.7 Å². The first-order chi connectivity index (χ1) is 9.19. The van der Waals surface area contributed by atoms with Gasteiger partial charge in [-0.05, 0) is 18.8 Å². The highest BCUT2D eigenvalue weighted by Gasteiger charge is 2.41. The predicted octanol–water partition coefficient (Wildman–Crippen LogP) is 1.29. The molecule has 2 heterocycles. The summed E-state index contributed by atoms with van der Waals surface area (Å²) in [5.74, 6) is -0.178. The molecular formula is C13H19NO5. The number of imide groups is 1. The van der Waals surface area contributed by atoms with Crippen LogP contribution in [0.5, 0.6) is 0 Å². The number of amides is 2. The minimum atomic E-state index is -0.500. The molecule has 0 bridgehead atoms. The molecule has 6 heteroatoms. The van der Waals surface area contributed by atoms with E-state index >= 15 is 0 Å². The second-order valence-corrected chi connectivity index (χ2v) is 5.41. The molecule has 1 saturated carbocycles. The fourth-order valence-corrected chi connectivity index (χ4v) is 3.08. The number of nitrogens with zero attached hydrogens (tertiary/aromatic N) is 1. The molecule has 0 N–H and O–H groups in total. The van der Waals surface area contributed by atoms with E-state index in [0.717, 1.165) is 25.7 Å². The Morgan fingerprint density at radius 1 is 1.21 bits per heavy atom. The van der Waals surface area contributed by atoms with Gasteiger partial charge in [0.25, 0.3) is 0 Å². The lowest BCUT2D eigenvalue weighted by molar-refractivity contribution is -0.183. The molecule has 0 unspecified atom stereocenters. The van der Waals surface area contributed by atoms with Crippen LogP contribution in [0.15, 0.2) is 0 Å². The van der Waals surface area contributed by atoms with Crippen molar-refractivity contribution in [1.82, 2.24) is 4.90 Å². The van der Waals surface area contributed by atoms with Crippen LogP contribution in [0.4, 0.5) is 4.79 Å². The van der Waals surface area contributed by atoms with Crippen molar-refractivity contribution in [3.63, 3.8) is 0 Å². The van der Waals surface area contributed by atoms with E-state index in [1.165, 1.54) is 4.90 Å². The minimum absolute atomic E-state index is 0.114. The number of hydrogen-bond acceptors (Lipinski definition) is 5. The molecule has 106 valence electrons. The maximum atomic E-state index is 12.0. The highest BCUT2D eigenvalue weighted by atomic mass is 16.7. The summed E-state index contributed by atoms with van der Waals surface area (Å²) in [6, 6.07) is 0. The van der Waals surface area contributed by atoms with E-state index < -0.39 is 6.09 Å². The number of carbonyl (C=O) groups is 2. The predicted molar refractivity (Wildman–Crippen MR) is 64.3 cm³/mol. The van der Waals surface area contributed by atoms with Crippen molar-refractivity contribution in [2.24, 2.45) is 5.92 Å². The molecule has 19 heavy (non-hydrogen) atoms. The van der Waals surface area contributed by atoms with Crippen LogP contribution in [-0.2, 0) is 19.0 Å². The highest BCUT2D eigenvalue weighted by molar-refractivity contribution is 5.93. The molecule has 6 nitrogen and oxygen atoms in total. The van der Waals surface area contributed by atoms with Gasteiger partial charge in [-0.2, -0.15) is 0 Å². The third-order valence-corrected chi connectivity index (χ3v) is 4.21. The largest absolute Gasteiger partial charge is 0.447 e. The van der Waals surface area contributed by atoms with Crippen molar-refractivity contribution in [1.29, 1.82) is 0 Å². The molecular weight excluding hydrogens is 250 g/mol. The van der Waals surface area contributed by atoms with Gasteiger partial charge in [-0.15, -0.1) is 0 Å². The molecule has 0 aromatic rings. The SMILES string of the molecule is O=C(CC1CCC2(CC1)OCCO2)N1CCOC1=O. The van der Waals surface area contributed by atoms with Crippen LogP contribution in [0, 0.1) is 5.92 Å². The van der Waals surface area contributed by atoms with Crippen molar-refractivity contribution in [3.05, 3.63) is 0 Å². The molecule has 3 rings (SSSR count). The maximum Gasteiger partial charge on any atom is 0.416 e. The van der Waals surface area contributed by atoms with E-state index in [1.807, 2.05) is 0 Å². The summed E-state index contributed by atoms with van der Waals surface area (Å²) < 4.78 is 16.1. The molecule has 2 saturated heterocycles. The van der Waals surface area contributed by atoms with E-state index in [0.29, 0.717) is 38.7 Å². The zero-order chi connectivity index (χ0) is 13.3. The molecule has 0 aromatic heterocycles. The second kappa shape index (κ2) is 5.09. The van der Waals surface area contributed by atoms with Crippen molar-refractivity contribution >= 4 is 12.0 Å². The monoisotopic (exact) mass is 269 g/mol. The number of cyclic esters (lactones) is 1. The van der Waals surface area contributed by atoms with E-state index in [9.17, 15) is 9.59 Å². The van der Waals surface area contributed by atoms with Gasteiger partial charge in [0.1, 0.15) is 6.61 Å². The average Bonchev–Trinajstić information content (AvgIpc) is 3.02. The Bertz CT molecular complexity index is 367. The van der Waals surface area contributed by atoms with E-state index in [4.69, 9.17) is 14.2 Å². The average molecular weight is 269 g/mol. The molecule has 0 radical (unpaired) electrons. The summed E-state index contributed by atoms with van der Waals surface area (Å²) in [5, 5.41) is 0. The smallest absolute Gasteiger partial charge is 0.416 e. The lowest BCUT2D eigenvalue weighted by Crippen LogP contribution is -2.38. The van der Waals surface area contributed by atoms with Crippen molar-refractivity contribution in [2.75, 3.05) is 26.4 Å². The number of carbonyl (C=O) groups excluding carboxylic acids is 2. The summed E-state index contributed by atoms with van der Waals surface area (Å²) in [4.78, 5) is 24.5. The molecule has 3 fully saturated rings. The Labute approximate surface area is 112 Å². The van der Waals surface area contributed by atoms with Gasteiger partial charge in [-0.25, -0.2) is 9.69 Å². The van der Waals surface area contributed by atoms with Crippen molar-refractivity contribution in [2.45, 2.75) is 37.9 Å². The van der Waals surface area contributed by atoms with Crippen LogP contribution in [0.3, 0.4) is 0 Å². The number of hydrogen-bond donors (Lipinski definition) is 0. The zero-order valence-corrected chi connectivity index (χ0v) is 10.9. The van der Waals surface area contributed by atoms with Gasteiger partial charge in [-0.3, -0.25) is 4.79 Å². The standard InChI is InChI=1S/C13H19NO5/c15-11(14-5-6-17-12(14)16)9-10-1-3-13(4-2-10)18-7-8-19-13/h10H,1-9H2. The maximum absolute atomic E-state index is 12.0. The summed E-state index contributed by atoms with van der Waals surface area (Å²) in [6.45, 7) is 2.05. The summed E-state index contributed by atoms with van der Waals surface area (Å²) >= 11 is 0. The normalized spacial score (nSPS) is 26.9. The van der Waals surface area contributed by atoms with Gasteiger partial charge in [0, 0.05) is 19.3 Å². The highest BCUT2D eigenvalue weighted by Crippen LogP contribution is 2.39. The molecule has 2 amide bonds. The third kappa shape index (κ3) is 2.60. The lowest BCUT2D eigenvalue weighted by atomic mass is 9.83. The van der Waals surface area contributed by atoms with E-state index in [2.05, 4.69) is 0 Å². The lowest BCUT2D eigenvalue weighted by Gasteiger charge is -2.35. The van der Waals surface area contributed by atoms with Crippen molar-refractivity contribution in [3.8, 4) is 0 Å². The Kier molecular flexibility index (Phi) is 3.45. The van der Waals surface area contributed by atoms with Crippen LogP contribution in [0.2, 0.25) is 0 Å². The fourth-order valence-electron chi connectivity index (χ4n) is 3.08. The Hall–Kier alpha value is -1.14. The Morgan fingerprint density at radius 3 is 2.47 bits per heavy atom. The molecule has 1 aliphatic carbocycles. The topological polar surface area (TPSA) is 65.1 Å². The van der Waals surface area contributed by atoms with Gasteiger partial charge >= 0.3 is 6.09 Å². The van der Waals surface area contributed by atoms with Crippen LogP contribution >= 0.6 is 0 Å². The van der Waals surface area contributed by atoms with Gasteiger partial charge in [0.2, 0.25) is 5.91 Å².